The Labute approximate surface area is 127 Å². The highest BCUT2D eigenvalue weighted by Gasteiger charge is 2.36. The van der Waals surface area contributed by atoms with Gasteiger partial charge in [0.25, 0.3) is 0 Å². The van der Waals surface area contributed by atoms with Crippen LogP contribution in [-0.2, 0) is 11.3 Å². The van der Waals surface area contributed by atoms with Crippen molar-refractivity contribution in [2.24, 2.45) is 0 Å². The molecule has 0 radical (unpaired) electrons. The van der Waals surface area contributed by atoms with Crippen molar-refractivity contribution in [3.05, 3.63) is 48.6 Å². The Balaban J connectivity index is 1.67. The van der Waals surface area contributed by atoms with Gasteiger partial charge in [-0.05, 0) is 18.6 Å². The van der Waals surface area contributed by atoms with Crippen LogP contribution < -0.4 is 0 Å². The van der Waals surface area contributed by atoms with E-state index in [0.29, 0.717) is 0 Å². The fourth-order valence-corrected chi connectivity index (χ4v) is 3.08. The highest BCUT2D eigenvalue weighted by molar-refractivity contribution is 5.34. The van der Waals surface area contributed by atoms with Gasteiger partial charge in [0.1, 0.15) is 5.76 Å². The molecule has 0 aliphatic carbocycles. The molecule has 1 aliphatic heterocycles. The fraction of sp³-hybridized carbons (Fsp3) is 0.400. The Morgan fingerprint density at radius 1 is 1.41 bits per heavy atom. The lowest BCUT2D eigenvalue weighted by molar-refractivity contribution is 0.106. The lowest BCUT2D eigenvalue weighted by Crippen LogP contribution is -2.25. The molecule has 0 spiro atoms. The van der Waals surface area contributed by atoms with Crippen LogP contribution in [0.4, 0.5) is 0 Å². The molecule has 0 bridgehead atoms. The van der Waals surface area contributed by atoms with Crippen LogP contribution in [0.1, 0.15) is 24.0 Å². The molecule has 4 rings (SSSR count). The van der Waals surface area contributed by atoms with E-state index >= 15 is 0 Å². The van der Waals surface area contributed by atoms with E-state index < -0.39 is 0 Å². The third-order valence-corrected chi connectivity index (χ3v) is 4.18. The van der Waals surface area contributed by atoms with Gasteiger partial charge in [-0.25, -0.2) is 0 Å². The Bertz CT molecular complexity index is 754. The van der Waals surface area contributed by atoms with Crippen LogP contribution in [-0.4, -0.2) is 44.2 Å². The Hall–Kier alpha value is -2.25. The van der Waals surface area contributed by atoms with Crippen molar-refractivity contribution in [2.75, 3.05) is 13.7 Å². The number of fused-ring (bicyclic) bond motifs is 1. The largest absolute Gasteiger partial charge is 0.468 e. The lowest BCUT2D eigenvalue weighted by Gasteiger charge is -2.21. The normalized spacial score (nSPS) is 22.6. The molecule has 1 aliphatic rings. The zero-order valence-corrected chi connectivity index (χ0v) is 12.3. The molecule has 7 heteroatoms. The molecule has 22 heavy (non-hydrogen) atoms. The maximum absolute atomic E-state index is 5.56. The number of furan rings is 1. The predicted molar refractivity (Wildman–Crippen MR) is 78.1 cm³/mol. The van der Waals surface area contributed by atoms with E-state index in [4.69, 9.17) is 9.15 Å². The zero-order chi connectivity index (χ0) is 14.9. The second-order valence-electron chi connectivity index (χ2n) is 5.48. The summed E-state index contributed by atoms with van der Waals surface area (Å²) in [6, 6.07) is 4.04. The topological polar surface area (TPSA) is 68.7 Å². The second kappa shape index (κ2) is 5.51. The van der Waals surface area contributed by atoms with Crippen LogP contribution in [0.2, 0.25) is 0 Å². The molecule has 0 aromatic carbocycles. The van der Waals surface area contributed by atoms with Gasteiger partial charge in [0.05, 0.1) is 31.2 Å². The molecule has 0 unspecified atom stereocenters. The number of hydrogen-bond donors (Lipinski definition) is 0. The van der Waals surface area contributed by atoms with Crippen molar-refractivity contribution in [3.8, 4) is 0 Å². The third-order valence-electron chi connectivity index (χ3n) is 4.18. The first-order valence-corrected chi connectivity index (χ1v) is 7.29. The van der Waals surface area contributed by atoms with Crippen LogP contribution in [0.3, 0.4) is 0 Å². The number of hydrogen-bond acceptors (Lipinski definition) is 6. The van der Waals surface area contributed by atoms with Gasteiger partial charge in [0.2, 0.25) is 0 Å². The van der Waals surface area contributed by atoms with E-state index in [0.717, 1.165) is 36.7 Å². The average molecular weight is 299 g/mol. The van der Waals surface area contributed by atoms with Crippen LogP contribution in [0.15, 0.2) is 41.4 Å². The fourth-order valence-electron chi connectivity index (χ4n) is 3.08. The monoisotopic (exact) mass is 299 g/mol. The summed E-state index contributed by atoms with van der Waals surface area (Å²) in [5.41, 5.74) is 0.760. The molecule has 3 aromatic rings. The summed E-state index contributed by atoms with van der Waals surface area (Å²) in [4.78, 5) is 6.41. The van der Waals surface area contributed by atoms with Crippen molar-refractivity contribution in [3.63, 3.8) is 0 Å². The first kappa shape index (κ1) is 13.4. The number of methoxy groups -OCH3 is 1. The van der Waals surface area contributed by atoms with Crippen molar-refractivity contribution in [1.29, 1.82) is 0 Å². The smallest absolute Gasteiger partial charge is 0.179 e. The summed E-state index contributed by atoms with van der Waals surface area (Å²) in [7, 11) is 1.75. The summed E-state index contributed by atoms with van der Waals surface area (Å²) in [5.74, 6) is 1.86. The SMILES string of the molecule is CO[C@@H]1C[C@@H](c2nnc3cnccn23)N(Cc2ccco2)C1. The average Bonchev–Trinajstić information content (AvgIpc) is 3.26. The van der Waals surface area contributed by atoms with Crippen LogP contribution in [0.5, 0.6) is 0 Å². The molecule has 7 nitrogen and oxygen atoms in total. The van der Waals surface area contributed by atoms with Gasteiger partial charge >= 0.3 is 0 Å². The quantitative estimate of drug-likeness (QED) is 0.730. The van der Waals surface area contributed by atoms with Crippen molar-refractivity contribution < 1.29 is 9.15 Å². The molecule has 1 fully saturated rings. The van der Waals surface area contributed by atoms with Crippen LogP contribution in [0.25, 0.3) is 5.65 Å². The minimum atomic E-state index is 0.146. The number of aromatic nitrogens is 4. The maximum Gasteiger partial charge on any atom is 0.179 e. The summed E-state index contributed by atoms with van der Waals surface area (Å²) in [5, 5.41) is 8.58. The maximum atomic E-state index is 5.56. The van der Waals surface area contributed by atoms with Crippen LogP contribution >= 0.6 is 0 Å². The van der Waals surface area contributed by atoms with Gasteiger partial charge < -0.3 is 9.15 Å². The van der Waals surface area contributed by atoms with E-state index in [2.05, 4.69) is 20.1 Å². The van der Waals surface area contributed by atoms with E-state index in [1.54, 1.807) is 25.8 Å². The standard InChI is InChI=1S/C15H17N5O2/c1-21-12-7-13(19(10-12)9-11-3-2-6-22-11)15-18-17-14-8-16-4-5-20(14)15/h2-6,8,12-13H,7,9-10H2,1H3/t12-,13+/m1/s1. The van der Waals surface area contributed by atoms with Gasteiger partial charge in [-0.3, -0.25) is 14.3 Å². The molecule has 114 valence electrons. The van der Waals surface area contributed by atoms with Gasteiger partial charge in [-0.15, -0.1) is 10.2 Å². The molecule has 3 aromatic heterocycles. The number of rotatable bonds is 4. The zero-order valence-electron chi connectivity index (χ0n) is 12.3. The molecule has 4 heterocycles. The number of ether oxygens (including phenoxy) is 1. The molecule has 2 atom stereocenters. The van der Waals surface area contributed by atoms with Crippen LogP contribution in [0, 0.1) is 0 Å². The second-order valence-corrected chi connectivity index (χ2v) is 5.48. The number of nitrogens with zero attached hydrogens (tertiary/aromatic N) is 5. The van der Waals surface area contributed by atoms with E-state index in [1.165, 1.54) is 0 Å². The van der Waals surface area contributed by atoms with Gasteiger partial charge in [0.15, 0.2) is 11.5 Å². The minimum Gasteiger partial charge on any atom is -0.468 e. The predicted octanol–water partition coefficient (Wildman–Crippen LogP) is 1.68. The Kier molecular flexibility index (Phi) is 3.36. The molecular weight excluding hydrogens is 282 g/mol. The Morgan fingerprint density at radius 3 is 3.18 bits per heavy atom. The Morgan fingerprint density at radius 2 is 2.36 bits per heavy atom. The highest BCUT2D eigenvalue weighted by Crippen LogP contribution is 2.33. The molecule has 1 saturated heterocycles. The summed E-state index contributed by atoms with van der Waals surface area (Å²) < 4.78 is 13.0. The highest BCUT2D eigenvalue weighted by atomic mass is 16.5. The van der Waals surface area contributed by atoms with E-state index in [9.17, 15) is 0 Å². The van der Waals surface area contributed by atoms with E-state index in [1.807, 2.05) is 22.7 Å². The molecule has 0 amide bonds. The minimum absolute atomic E-state index is 0.146. The molecule has 0 N–H and O–H groups in total. The van der Waals surface area contributed by atoms with Crippen molar-refractivity contribution in [2.45, 2.75) is 25.1 Å². The van der Waals surface area contributed by atoms with Gasteiger partial charge in [0, 0.05) is 26.0 Å². The molecule has 0 saturated carbocycles. The number of likely N-dealkylation sites (tertiary alicyclic amines) is 1. The first-order chi connectivity index (χ1) is 10.8. The third kappa shape index (κ3) is 2.28. The lowest BCUT2D eigenvalue weighted by atomic mass is 10.2. The van der Waals surface area contributed by atoms with Crippen molar-refractivity contribution >= 4 is 5.65 Å². The summed E-state index contributed by atoms with van der Waals surface area (Å²) >= 11 is 0. The van der Waals surface area contributed by atoms with E-state index in [-0.39, 0.29) is 12.1 Å². The first-order valence-electron chi connectivity index (χ1n) is 7.29. The van der Waals surface area contributed by atoms with Crippen molar-refractivity contribution in [1.82, 2.24) is 24.5 Å². The summed E-state index contributed by atoms with van der Waals surface area (Å²) in [6.45, 7) is 1.58. The van der Waals surface area contributed by atoms with Gasteiger partial charge in [-0.2, -0.15) is 0 Å². The summed E-state index contributed by atoms with van der Waals surface area (Å²) in [6.07, 6.45) is 8.15. The molecular formula is C15H17N5O2. The van der Waals surface area contributed by atoms with Gasteiger partial charge in [-0.1, -0.05) is 0 Å².